The largest absolute Gasteiger partial charge is 0.333 e. The van der Waals surface area contributed by atoms with Crippen LogP contribution in [0.25, 0.3) is 10.8 Å². The third-order valence-corrected chi connectivity index (χ3v) is 3.67. The van der Waals surface area contributed by atoms with Gasteiger partial charge in [0.15, 0.2) is 5.82 Å². The van der Waals surface area contributed by atoms with Gasteiger partial charge in [-0.25, -0.2) is 0 Å². The number of halogens is 1. The Morgan fingerprint density at radius 2 is 2.17 bits per heavy atom. The van der Waals surface area contributed by atoms with Gasteiger partial charge in [-0.3, -0.25) is 0 Å². The lowest BCUT2D eigenvalue weighted by Crippen LogP contribution is -1.92. The van der Waals surface area contributed by atoms with Crippen LogP contribution in [-0.4, -0.2) is 19.7 Å². The molecule has 0 bridgehead atoms. The van der Waals surface area contributed by atoms with Crippen molar-refractivity contribution in [3.05, 3.63) is 11.5 Å². The van der Waals surface area contributed by atoms with Crippen LogP contribution in [0, 0.1) is 0 Å². The predicted molar refractivity (Wildman–Crippen MR) is 70.7 cm³/mol. The maximum atomic E-state index is 6.17. The molecule has 0 fully saturated rings. The van der Waals surface area contributed by atoms with Gasteiger partial charge in [-0.05, 0) is 24.4 Å². The Hall–Kier alpha value is -1.01. The summed E-state index contributed by atoms with van der Waals surface area (Å²) < 4.78 is 9.19. The molecule has 0 radical (unpaired) electrons. The molecule has 0 N–H and O–H groups in total. The minimum absolute atomic E-state index is 0.192. The van der Waals surface area contributed by atoms with Gasteiger partial charge < -0.3 is 4.52 Å². The van der Waals surface area contributed by atoms with Crippen LogP contribution in [0.2, 0.25) is 0 Å². The average molecular weight is 287 g/mol. The summed E-state index contributed by atoms with van der Waals surface area (Å²) in [7, 11) is 0. The normalized spacial score (nSPS) is 12.8. The molecule has 0 saturated carbocycles. The molecule has 2 aromatic rings. The van der Waals surface area contributed by atoms with Gasteiger partial charge >= 0.3 is 0 Å². The van der Waals surface area contributed by atoms with Crippen molar-refractivity contribution in [2.45, 2.75) is 44.9 Å². The van der Waals surface area contributed by atoms with E-state index in [4.69, 9.17) is 16.1 Å². The number of hydrogen-bond acceptors (Lipinski definition) is 6. The van der Waals surface area contributed by atoms with Gasteiger partial charge in [-0.15, -0.1) is 16.7 Å². The van der Waals surface area contributed by atoms with E-state index < -0.39 is 0 Å². The molecule has 0 aliphatic heterocycles. The molecule has 5 nitrogen and oxygen atoms in total. The van der Waals surface area contributed by atoms with Gasteiger partial charge in [0.1, 0.15) is 4.88 Å². The lowest BCUT2D eigenvalue weighted by molar-refractivity contribution is 0.421. The van der Waals surface area contributed by atoms with Gasteiger partial charge in [0.25, 0.3) is 5.89 Å². The lowest BCUT2D eigenvalue weighted by atomic mass is 10.2. The Morgan fingerprint density at radius 3 is 2.89 bits per heavy atom. The number of rotatable bonds is 6. The molecule has 98 valence electrons. The standard InChI is InChI=1S/C11H15ClN4OS/c1-3-5-7(12)10-13-11(17-15-10)9-8(6-4-2)14-16-18-9/h7H,3-6H2,1-2H3. The van der Waals surface area contributed by atoms with Gasteiger partial charge in [0.05, 0.1) is 11.1 Å². The second-order valence-corrected chi connectivity index (χ2v) is 5.29. The third-order valence-electron chi connectivity index (χ3n) is 2.50. The van der Waals surface area contributed by atoms with Crippen LogP contribution in [0.1, 0.15) is 50.0 Å². The number of aromatic nitrogens is 4. The summed E-state index contributed by atoms with van der Waals surface area (Å²) in [6.07, 6.45) is 3.70. The molecule has 18 heavy (non-hydrogen) atoms. The first-order valence-corrected chi connectivity index (χ1v) is 7.26. The molecule has 0 saturated heterocycles. The summed E-state index contributed by atoms with van der Waals surface area (Å²) in [4.78, 5) is 5.19. The Morgan fingerprint density at radius 1 is 1.33 bits per heavy atom. The first kappa shape index (κ1) is 13.4. The maximum absolute atomic E-state index is 6.17. The minimum Gasteiger partial charge on any atom is -0.333 e. The van der Waals surface area contributed by atoms with Crippen molar-refractivity contribution in [2.75, 3.05) is 0 Å². The number of hydrogen-bond donors (Lipinski definition) is 0. The molecule has 1 atom stereocenters. The summed E-state index contributed by atoms with van der Waals surface area (Å²) >= 11 is 7.45. The van der Waals surface area contributed by atoms with Crippen molar-refractivity contribution in [3.8, 4) is 10.8 Å². The molecule has 0 spiro atoms. The van der Waals surface area contributed by atoms with Gasteiger partial charge in [0, 0.05) is 0 Å². The summed E-state index contributed by atoms with van der Waals surface area (Å²) in [5.74, 6) is 1.02. The van der Waals surface area contributed by atoms with Crippen LogP contribution in [-0.2, 0) is 6.42 Å². The van der Waals surface area contributed by atoms with Crippen molar-refractivity contribution in [1.82, 2.24) is 19.7 Å². The van der Waals surface area contributed by atoms with Crippen LogP contribution < -0.4 is 0 Å². The first-order valence-electron chi connectivity index (χ1n) is 6.05. The molecular formula is C11H15ClN4OS. The zero-order valence-electron chi connectivity index (χ0n) is 10.4. The summed E-state index contributed by atoms with van der Waals surface area (Å²) in [6.45, 7) is 4.17. The zero-order valence-corrected chi connectivity index (χ0v) is 12.0. The van der Waals surface area contributed by atoms with Gasteiger partial charge in [-0.1, -0.05) is 36.3 Å². The molecule has 2 aromatic heterocycles. The van der Waals surface area contributed by atoms with Gasteiger partial charge in [0.2, 0.25) is 0 Å². The van der Waals surface area contributed by atoms with E-state index in [0.29, 0.717) is 11.7 Å². The highest BCUT2D eigenvalue weighted by molar-refractivity contribution is 7.09. The fourth-order valence-corrected chi connectivity index (χ4v) is 2.55. The van der Waals surface area contributed by atoms with E-state index in [9.17, 15) is 0 Å². The summed E-state index contributed by atoms with van der Waals surface area (Å²) in [5.41, 5.74) is 0.916. The maximum Gasteiger partial charge on any atom is 0.271 e. The lowest BCUT2D eigenvalue weighted by Gasteiger charge is -1.99. The van der Waals surface area contributed by atoms with Gasteiger partial charge in [-0.2, -0.15) is 4.98 Å². The molecule has 1 unspecified atom stereocenters. The molecular weight excluding hydrogens is 272 g/mol. The zero-order chi connectivity index (χ0) is 13.0. The van der Waals surface area contributed by atoms with E-state index in [1.54, 1.807) is 0 Å². The van der Waals surface area contributed by atoms with E-state index >= 15 is 0 Å². The van der Waals surface area contributed by atoms with E-state index in [1.807, 2.05) is 0 Å². The first-order chi connectivity index (χ1) is 8.76. The quantitative estimate of drug-likeness (QED) is 0.759. The van der Waals surface area contributed by atoms with Crippen molar-refractivity contribution in [2.24, 2.45) is 0 Å². The van der Waals surface area contributed by atoms with E-state index in [0.717, 1.165) is 36.3 Å². The predicted octanol–water partition coefficient (Wildman–Crippen LogP) is 3.62. The monoisotopic (exact) mass is 286 g/mol. The van der Waals surface area contributed by atoms with Crippen molar-refractivity contribution >= 4 is 23.1 Å². The molecule has 0 aliphatic rings. The third kappa shape index (κ3) is 2.87. The Balaban J connectivity index is 2.21. The van der Waals surface area contributed by atoms with E-state index in [2.05, 4.69) is 33.6 Å². The molecule has 0 amide bonds. The highest BCUT2D eigenvalue weighted by atomic mass is 35.5. The van der Waals surface area contributed by atoms with Crippen LogP contribution in [0.3, 0.4) is 0 Å². The minimum atomic E-state index is -0.192. The van der Waals surface area contributed by atoms with Crippen LogP contribution >= 0.6 is 23.1 Å². The molecule has 2 heterocycles. The molecule has 0 aliphatic carbocycles. The Labute approximate surface area is 115 Å². The number of alkyl halides is 1. The highest BCUT2D eigenvalue weighted by Gasteiger charge is 2.19. The Kier molecular flexibility index (Phi) is 4.66. The van der Waals surface area contributed by atoms with Crippen molar-refractivity contribution < 1.29 is 4.52 Å². The summed E-state index contributed by atoms with van der Waals surface area (Å²) in [5, 5.41) is 7.81. The van der Waals surface area contributed by atoms with Crippen molar-refractivity contribution in [1.29, 1.82) is 0 Å². The SMILES string of the molecule is CCCc1nnsc1-c1nc(C(Cl)CCC)no1. The van der Waals surface area contributed by atoms with Crippen LogP contribution in [0.5, 0.6) is 0 Å². The molecule has 0 aromatic carbocycles. The second kappa shape index (κ2) is 6.24. The van der Waals surface area contributed by atoms with Crippen LogP contribution in [0.4, 0.5) is 0 Å². The summed E-state index contributed by atoms with van der Waals surface area (Å²) in [6, 6.07) is 0. The molecule has 7 heteroatoms. The van der Waals surface area contributed by atoms with Crippen molar-refractivity contribution in [3.63, 3.8) is 0 Å². The topological polar surface area (TPSA) is 64.7 Å². The van der Waals surface area contributed by atoms with E-state index in [1.165, 1.54) is 11.5 Å². The fraction of sp³-hybridized carbons (Fsp3) is 0.636. The average Bonchev–Trinajstić information content (AvgIpc) is 2.97. The Bertz CT molecular complexity index is 499. The fourth-order valence-electron chi connectivity index (χ4n) is 1.61. The number of nitrogens with zero attached hydrogens (tertiary/aromatic N) is 4. The number of aryl methyl sites for hydroxylation is 1. The van der Waals surface area contributed by atoms with E-state index in [-0.39, 0.29) is 5.38 Å². The second-order valence-electron chi connectivity index (χ2n) is 4.01. The smallest absolute Gasteiger partial charge is 0.271 e. The molecule has 2 rings (SSSR count). The highest BCUT2D eigenvalue weighted by Crippen LogP contribution is 2.29. The van der Waals surface area contributed by atoms with Crippen LogP contribution in [0.15, 0.2) is 4.52 Å².